The molecule has 1 aliphatic rings. The summed E-state index contributed by atoms with van der Waals surface area (Å²) >= 11 is 0. The predicted octanol–water partition coefficient (Wildman–Crippen LogP) is 0.771. The van der Waals surface area contributed by atoms with E-state index in [4.69, 9.17) is 35.0 Å². The van der Waals surface area contributed by atoms with E-state index in [2.05, 4.69) is 12.2 Å². The number of benzene rings is 1. The Labute approximate surface area is 186 Å². The van der Waals surface area contributed by atoms with Gasteiger partial charge in [0.2, 0.25) is 11.8 Å². The van der Waals surface area contributed by atoms with Crippen LogP contribution in [-0.4, -0.2) is 66.8 Å². The second-order valence-electron chi connectivity index (χ2n) is 7.00. The van der Waals surface area contributed by atoms with E-state index in [9.17, 15) is 9.59 Å². The molecule has 178 valence electrons. The molecule has 0 radical (unpaired) electrons. The fraction of sp³-hybridized carbons (Fsp3) is 0.524. The Morgan fingerprint density at radius 3 is 2.25 bits per heavy atom. The molecule has 11 heteroatoms. The minimum absolute atomic E-state index is 0.174. The quantitative estimate of drug-likeness (QED) is 0.328. The molecule has 32 heavy (non-hydrogen) atoms. The van der Waals surface area contributed by atoms with Gasteiger partial charge in [-0.3, -0.25) is 14.5 Å². The zero-order valence-corrected chi connectivity index (χ0v) is 18.7. The Balaban J connectivity index is 0.000000751. The summed E-state index contributed by atoms with van der Waals surface area (Å²) in [6.45, 7) is 4.50. The van der Waals surface area contributed by atoms with E-state index in [0.29, 0.717) is 36.6 Å². The van der Waals surface area contributed by atoms with Crippen molar-refractivity contribution in [3.8, 4) is 11.5 Å². The highest BCUT2D eigenvalue weighted by Crippen LogP contribution is 2.43. The number of nitrogens with two attached hydrogens (primary N) is 1. The van der Waals surface area contributed by atoms with Crippen LogP contribution in [0, 0.1) is 0 Å². The molecule has 0 fully saturated rings. The molecule has 0 bridgehead atoms. The van der Waals surface area contributed by atoms with Gasteiger partial charge in [-0.1, -0.05) is 20.3 Å². The van der Waals surface area contributed by atoms with Gasteiger partial charge in [0.25, 0.3) is 0 Å². The lowest BCUT2D eigenvalue weighted by Gasteiger charge is -2.27. The van der Waals surface area contributed by atoms with Gasteiger partial charge >= 0.3 is 11.9 Å². The Bertz CT molecular complexity index is 831. The molecule has 0 saturated heterocycles. The van der Waals surface area contributed by atoms with Crippen LogP contribution < -0.4 is 25.4 Å². The second-order valence-corrected chi connectivity index (χ2v) is 7.00. The molecule has 2 rings (SSSR count). The van der Waals surface area contributed by atoms with Crippen LogP contribution in [0.1, 0.15) is 38.7 Å². The smallest absolute Gasteiger partial charge is 0.414 e. The first-order chi connectivity index (χ1) is 15.1. The van der Waals surface area contributed by atoms with Crippen LogP contribution in [0.15, 0.2) is 12.1 Å². The topological polar surface area (TPSA) is 168 Å². The van der Waals surface area contributed by atoms with Crippen molar-refractivity contribution >= 4 is 29.4 Å². The minimum atomic E-state index is -1.82. The average molecular weight is 453 g/mol. The number of nitrogens with zero attached hydrogens (tertiary/aromatic N) is 1. The predicted molar refractivity (Wildman–Crippen MR) is 116 cm³/mol. The van der Waals surface area contributed by atoms with Crippen molar-refractivity contribution in [3.05, 3.63) is 17.7 Å². The van der Waals surface area contributed by atoms with Crippen LogP contribution in [0.2, 0.25) is 0 Å². The normalized spacial score (nSPS) is 15.0. The van der Waals surface area contributed by atoms with Gasteiger partial charge in [-0.25, -0.2) is 9.59 Å². The van der Waals surface area contributed by atoms with Crippen LogP contribution in [0.5, 0.6) is 11.5 Å². The van der Waals surface area contributed by atoms with Gasteiger partial charge in [-0.15, -0.1) is 0 Å². The SMILES string of the molecule is CCCCNC(=O)[C@H]1Cc2c(ccc(OC)c2OC)N1C(=O)[C@@H](N)CC.O=C(O)C(=O)O. The van der Waals surface area contributed by atoms with Gasteiger partial charge in [-0.05, 0) is 25.0 Å². The number of carboxylic acid groups (broad SMARTS) is 2. The molecule has 0 unspecified atom stereocenters. The Kier molecular flexibility index (Phi) is 10.4. The number of methoxy groups -OCH3 is 2. The summed E-state index contributed by atoms with van der Waals surface area (Å²) in [6, 6.07) is 2.25. The highest BCUT2D eigenvalue weighted by Gasteiger charge is 2.41. The molecule has 2 amide bonds. The third-order valence-corrected chi connectivity index (χ3v) is 4.90. The van der Waals surface area contributed by atoms with E-state index in [1.807, 2.05) is 6.92 Å². The second kappa shape index (κ2) is 12.5. The number of unbranched alkanes of at least 4 members (excludes halogenated alkanes) is 1. The number of anilines is 1. The van der Waals surface area contributed by atoms with Gasteiger partial charge in [0.1, 0.15) is 6.04 Å². The Morgan fingerprint density at radius 1 is 1.16 bits per heavy atom. The van der Waals surface area contributed by atoms with Crippen LogP contribution in [-0.2, 0) is 25.6 Å². The maximum atomic E-state index is 12.9. The molecule has 11 nitrogen and oxygen atoms in total. The number of aliphatic carboxylic acids is 2. The average Bonchev–Trinajstić information content (AvgIpc) is 3.17. The number of carboxylic acids is 2. The zero-order chi connectivity index (χ0) is 24.4. The monoisotopic (exact) mass is 453 g/mol. The Hall–Kier alpha value is -3.34. The van der Waals surface area contributed by atoms with Crippen LogP contribution >= 0.6 is 0 Å². The third-order valence-electron chi connectivity index (χ3n) is 4.90. The zero-order valence-electron chi connectivity index (χ0n) is 18.7. The van der Waals surface area contributed by atoms with Crippen LogP contribution in [0.4, 0.5) is 5.69 Å². The number of amides is 2. The number of carbonyl (C=O) groups excluding carboxylic acids is 2. The fourth-order valence-corrected chi connectivity index (χ4v) is 3.20. The summed E-state index contributed by atoms with van der Waals surface area (Å²) in [5.41, 5.74) is 7.44. The molecule has 5 N–H and O–H groups in total. The minimum Gasteiger partial charge on any atom is -0.493 e. The van der Waals surface area contributed by atoms with Gasteiger partial charge in [0.15, 0.2) is 11.5 Å². The van der Waals surface area contributed by atoms with Crippen molar-refractivity contribution in [1.29, 1.82) is 0 Å². The number of nitrogens with one attached hydrogen (secondary N) is 1. The number of fused-ring (bicyclic) bond motifs is 1. The molecular weight excluding hydrogens is 422 g/mol. The summed E-state index contributed by atoms with van der Waals surface area (Å²) in [5, 5.41) is 17.7. The van der Waals surface area contributed by atoms with Crippen molar-refractivity contribution in [2.45, 2.75) is 51.6 Å². The van der Waals surface area contributed by atoms with E-state index in [1.54, 1.807) is 26.4 Å². The first-order valence-corrected chi connectivity index (χ1v) is 10.2. The third kappa shape index (κ3) is 6.33. The number of rotatable bonds is 8. The highest BCUT2D eigenvalue weighted by atomic mass is 16.5. The Morgan fingerprint density at radius 2 is 1.78 bits per heavy atom. The molecule has 0 aromatic heterocycles. The van der Waals surface area contributed by atoms with Gasteiger partial charge in [0, 0.05) is 18.5 Å². The van der Waals surface area contributed by atoms with E-state index < -0.39 is 24.0 Å². The number of ether oxygens (including phenoxy) is 2. The molecule has 0 saturated carbocycles. The van der Waals surface area contributed by atoms with Crippen molar-refractivity contribution in [2.24, 2.45) is 5.73 Å². The van der Waals surface area contributed by atoms with Gasteiger partial charge in [0.05, 0.1) is 25.9 Å². The maximum absolute atomic E-state index is 12.9. The lowest BCUT2D eigenvalue weighted by atomic mass is 10.1. The number of hydrogen-bond acceptors (Lipinski definition) is 7. The summed E-state index contributed by atoms with van der Waals surface area (Å²) in [6.07, 6.45) is 2.75. The van der Waals surface area contributed by atoms with Crippen molar-refractivity contribution in [2.75, 3.05) is 25.7 Å². The van der Waals surface area contributed by atoms with Crippen LogP contribution in [0.25, 0.3) is 0 Å². The first kappa shape index (κ1) is 26.7. The molecule has 1 heterocycles. The highest BCUT2D eigenvalue weighted by molar-refractivity contribution is 6.27. The summed E-state index contributed by atoms with van der Waals surface area (Å²) < 4.78 is 10.8. The molecular formula is C21H31N3O8. The molecule has 0 aliphatic carbocycles. The summed E-state index contributed by atoms with van der Waals surface area (Å²) in [5.74, 6) is -2.95. The van der Waals surface area contributed by atoms with Crippen molar-refractivity contribution in [1.82, 2.24) is 5.32 Å². The van der Waals surface area contributed by atoms with Crippen molar-refractivity contribution in [3.63, 3.8) is 0 Å². The van der Waals surface area contributed by atoms with Crippen molar-refractivity contribution < 1.29 is 38.9 Å². The van der Waals surface area contributed by atoms with Gasteiger partial charge < -0.3 is 30.7 Å². The molecule has 0 spiro atoms. The summed E-state index contributed by atoms with van der Waals surface area (Å²) in [4.78, 5) is 45.4. The summed E-state index contributed by atoms with van der Waals surface area (Å²) in [7, 11) is 3.11. The van der Waals surface area contributed by atoms with E-state index in [0.717, 1.165) is 18.4 Å². The molecule has 1 aromatic carbocycles. The number of carbonyl (C=O) groups is 4. The molecule has 1 aromatic rings. The van der Waals surface area contributed by atoms with E-state index in [-0.39, 0.29) is 11.8 Å². The maximum Gasteiger partial charge on any atom is 0.414 e. The largest absolute Gasteiger partial charge is 0.493 e. The molecule has 2 atom stereocenters. The van der Waals surface area contributed by atoms with Crippen LogP contribution in [0.3, 0.4) is 0 Å². The molecule has 1 aliphatic heterocycles. The first-order valence-electron chi connectivity index (χ1n) is 10.2. The lowest BCUT2D eigenvalue weighted by Crippen LogP contribution is -2.53. The number of hydrogen-bond donors (Lipinski definition) is 4. The van der Waals surface area contributed by atoms with E-state index in [1.165, 1.54) is 4.90 Å². The van der Waals surface area contributed by atoms with Gasteiger partial charge in [-0.2, -0.15) is 0 Å². The van der Waals surface area contributed by atoms with E-state index >= 15 is 0 Å². The lowest BCUT2D eigenvalue weighted by molar-refractivity contribution is -0.159. The standard InChI is InChI=1S/C19H29N3O4.C2H2O4/c1-5-7-10-21-18(23)15-11-12-14(22(15)19(24)13(20)6-2)8-9-16(25-3)17(12)26-4;3-1(4)2(5)6/h8-9,13,15H,5-7,10-11,20H2,1-4H3,(H,21,23);(H,3,4)(H,5,6)/t13-,15+;/m0./s1. The fourth-order valence-electron chi connectivity index (χ4n) is 3.20.